The van der Waals surface area contributed by atoms with Gasteiger partial charge in [0.05, 0.1) is 17.6 Å². The second-order valence-electron chi connectivity index (χ2n) is 9.29. The van der Waals surface area contributed by atoms with Gasteiger partial charge in [-0.2, -0.15) is 0 Å². The molecule has 1 amide bonds. The third-order valence-electron chi connectivity index (χ3n) is 5.36. The molecule has 0 radical (unpaired) electrons. The summed E-state index contributed by atoms with van der Waals surface area (Å²) in [5.74, 6) is 0.677. The molecule has 0 aliphatic rings. The second-order valence-corrected chi connectivity index (χ2v) is 14.9. The molecule has 3 N–H and O–H groups in total. The molecule has 1 heterocycles. The van der Waals surface area contributed by atoms with Crippen LogP contribution in [-0.4, -0.2) is 46.9 Å². The lowest BCUT2D eigenvalue weighted by molar-refractivity contribution is 0.0847. The minimum absolute atomic E-state index is 0.183. The van der Waals surface area contributed by atoms with Crippen LogP contribution in [0.15, 0.2) is 48.5 Å². The molecule has 0 aliphatic carbocycles. The summed E-state index contributed by atoms with van der Waals surface area (Å²) in [6.07, 6.45) is -0.196. The SMILES string of the molecule is C[Si](C)(C)CCOCn1c(CN(Cc2ccccc2)C(=O)O)nc2ccc(CCN)cc21. The lowest BCUT2D eigenvalue weighted by Gasteiger charge is -2.20. The number of carboxylic acid groups (broad SMARTS) is 1. The molecule has 32 heavy (non-hydrogen) atoms. The largest absolute Gasteiger partial charge is 0.465 e. The van der Waals surface area contributed by atoms with Crippen LogP contribution in [0.1, 0.15) is 17.0 Å². The van der Waals surface area contributed by atoms with Crippen molar-refractivity contribution in [2.45, 2.75) is 51.9 Å². The predicted octanol–water partition coefficient (Wildman–Crippen LogP) is 4.53. The molecule has 0 saturated carbocycles. The summed E-state index contributed by atoms with van der Waals surface area (Å²) >= 11 is 0. The quantitative estimate of drug-likeness (QED) is 0.328. The van der Waals surface area contributed by atoms with Gasteiger partial charge < -0.3 is 20.1 Å². The van der Waals surface area contributed by atoms with Gasteiger partial charge in [-0.25, -0.2) is 9.78 Å². The van der Waals surface area contributed by atoms with Crippen molar-refractivity contribution in [1.29, 1.82) is 0 Å². The maximum atomic E-state index is 12.0. The van der Waals surface area contributed by atoms with Crippen LogP contribution in [0, 0.1) is 0 Å². The zero-order valence-electron chi connectivity index (χ0n) is 19.3. The number of amides is 1. The molecule has 0 spiro atoms. The highest BCUT2D eigenvalue weighted by Crippen LogP contribution is 2.21. The monoisotopic (exact) mass is 454 g/mol. The van der Waals surface area contributed by atoms with Gasteiger partial charge in [0.25, 0.3) is 0 Å². The molecule has 172 valence electrons. The number of hydrogen-bond acceptors (Lipinski definition) is 4. The Morgan fingerprint density at radius 3 is 2.53 bits per heavy atom. The highest BCUT2D eigenvalue weighted by molar-refractivity contribution is 6.76. The fourth-order valence-electron chi connectivity index (χ4n) is 3.50. The molecule has 0 atom stereocenters. The Morgan fingerprint density at radius 1 is 1.12 bits per heavy atom. The van der Waals surface area contributed by atoms with Crippen LogP contribution < -0.4 is 5.73 Å². The van der Waals surface area contributed by atoms with Crippen molar-refractivity contribution >= 4 is 25.2 Å². The summed E-state index contributed by atoms with van der Waals surface area (Å²) in [5.41, 5.74) is 9.60. The molecular weight excluding hydrogens is 420 g/mol. The smallest absolute Gasteiger partial charge is 0.408 e. The summed E-state index contributed by atoms with van der Waals surface area (Å²) in [5, 5.41) is 9.83. The summed E-state index contributed by atoms with van der Waals surface area (Å²) in [6.45, 7) is 9.05. The van der Waals surface area contributed by atoms with E-state index in [0.717, 1.165) is 34.6 Å². The summed E-state index contributed by atoms with van der Waals surface area (Å²) in [6, 6.07) is 16.8. The molecule has 0 bridgehead atoms. The molecule has 0 fully saturated rings. The van der Waals surface area contributed by atoms with E-state index in [2.05, 4.69) is 25.7 Å². The topological polar surface area (TPSA) is 93.6 Å². The number of imidazole rings is 1. The fourth-order valence-corrected chi connectivity index (χ4v) is 4.26. The van der Waals surface area contributed by atoms with Gasteiger partial charge >= 0.3 is 6.09 Å². The number of benzene rings is 2. The van der Waals surface area contributed by atoms with Gasteiger partial charge in [-0.15, -0.1) is 0 Å². The van der Waals surface area contributed by atoms with Crippen molar-refractivity contribution in [1.82, 2.24) is 14.5 Å². The van der Waals surface area contributed by atoms with Gasteiger partial charge in [-0.1, -0.05) is 56.0 Å². The predicted molar refractivity (Wildman–Crippen MR) is 130 cm³/mol. The molecule has 0 unspecified atom stereocenters. The normalized spacial score (nSPS) is 11.8. The van der Waals surface area contributed by atoms with Crippen LogP contribution in [0.25, 0.3) is 11.0 Å². The summed E-state index contributed by atoms with van der Waals surface area (Å²) in [4.78, 5) is 18.1. The number of hydrogen-bond donors (Lipinski definition) is 2. The van der Waals surface area contributed by atoms with Gasteiger partial charge in [0.15, 0.2) is 0 Å². The van der Waals surface area contributed by atoms with Gasteiger partial charge in [-0.05, 0) is 42.3 Å². The lowest BCUT2D eigenvalue weighted by atomic mass is 10.1. The minimum atomic E-state index is -1.20. The molecule has 7 nitrogen and oxygen atoms in total. The van der Waals surface area contributed by atoms with E-state index in [-0.39, 0.29) is 6.54 Å². The van der Waals surface area contributed by atoms with Crippen LogP contribution in [0.4, 0.5) is 4.79 Å². The summed E-state index contributed by atoms with van der Waals surface area (Å²) in [7, 11) is -1.20. The number of rotatable bonds is 11. The Hall–Kier alpha value is -2.68. The van der Waals surface area contributed by atoms with E-state index in [1.165, 1.54) is 4.90 Å². The van der Waals surface area contributed by atoms with Crippen molar-refractivity contribution in [3.05, 3.63) is 65.5 Å². The average molecular weight is 455 g/mol. The van der Waals surface area contributed by atoms with E-state index in [4.69, 9.17) is 15.5 Å². The number of ether oxygens (including phenoxy) is 1. The standard InChI is InChI=1S/C24H34N4O3Si/c1-32(2,3)14-13-31-18-28-22-15-19(11-12-25)9-10-21(22)26-23(28)17-27(24(29)30)16-20-7-5-4-6-8-20/h4-10,15H,11-14,16-18,25H2,1-3H3,(H,29,30). The van der Waals surface area contributed by atoms with Gasteiger partial charge in [-0.3, -0.25) is 4.90 Å². The number of carbonyl (C=O) groups is 1. The third-order valence-corrected chi connectivity index (χ3v) is 7.06. The number of aromatic nitrogens is 2. The molecule has 3 aromatic rings. The first-order valence-corrected chi connectivity index (χ1v) is 14.8. The molecule has 1 aromatic heterocycles. The molecule has 3 rings (SSSR count). The van der Waals surface area contributed by atoms with E-state index in [9.17, 15) is 9.90 Å². The first-order valence-electron chi connectivity index (χ1n) is 11.0. The zero-order valence-corrected chi connectivity index (χ0v) is 20.3. The molecule has 8 heteroatoms. The molecule has 2 aromatic carbocycles. The Kier molecular flexibility index (Phi) is 8.06. The van der Waals surface area contributed by atoms with Crippen molar-refractivity contribution in [3.8, 4) is 0 Å². The minimum Gasteiger partial charge on any atom is -0.465 e. The first-order chi connectivity index (χ1) is 15.3. The maximum Gasteiger partial charge on any atom is 0.408 e. The maximum absolute atomic E-state index is 12.0. The molecule has 0 aliphatic heterocycles. The molecule has 0 saturated heterocycles. The highest BCUT2D eigenvalue weighted by Gasteiger charge is 2.19. The van der Waals surface area contributed by atoms with Crippen LogP contribution in [0.3, 0.4) is 0 Å². The van der Waals surface area contributed by atoms with Crippen LogP contribution in [0.5, 0.6) is 0 Å². The van der Waals surface area contributed by atoms with Crippen LogP contribution in [-0.2, 0) is 31.0 Å². The number of fused-ring (bicyclic) bond motifs is 1. The van der Waals surface area contributed by atoms with Crippen molar-refractivity contribution in [2.75, 3.05) is 13.2 Å². The lowest BCUT2D eigenvalue weighted by Crippen LogP contribution is -2.30. The van der Waals surface area contributed by atoms with E-state index >= 15 is 0 Å². The first kappa shape index (κ1) is 24.0. The van der Waals surface area contributed by atoms with Gasteiger partial charge in [0, 0.05) is 21.2 Å². The third kappa shape index (κ3) is 6.66. The number of nitrogens with zero attached hydrogens (tertiary/aromatic N) is 3. The Balaban J connectivity index is 1.88. The van der Waals surface area contributed by atoms with Gasteiger partial charge in [0.1, 0.15) is 12.6 Å². The zero-order chi connectivity index (χ0) is 23.1. The van der Waals surface area contributed by atoms with Gasteiger partial charge in [0.2, 0.25) is 0 Å². The van der Waals surface area contributed by atoms with E-state index < -0.39 is 14.2 Å². The van der Waals surface area contributed by atoms with E-state index in [1.807, 2.05) is 47.0 Å². The average Bonchev–Trinajstić information content (AvgIpc) is 3.07. The Bertz CT molecular complexity index is 1030. The summed E-state index contributed by atoms with van der Waals surface area (Å²) < 4.78 is 8.03. The highest BCUT2D eigenvalue weighted by atomic mass is 28.3. The molecular formula is C24H34N4O3Si. The van der Waals surface area contributed by atoms with E-state index in [0.29, 0.717) is 32.3 Å². The Labute approximate surface area is 190 Å². The second kappa shape index (κ2) is 10.8. The van der Waals surface area contributed by atoms with Crippen LogP contribution in [0.2, 0.25) is 25.7 Å². The van der Waals surface area contributed by atoms with E-state index in [1.54, 1.807) is 0 Å². The Morgan fingerprint density at radius 2 is 1.88 bits per heavy atom. The van der Waals surface area contributed by atoms with Crippen LogP contribution >= 0.6 is 0 Å². The van der Waals surface area contributed by atoms with Crippen molar-refractivity contribution in [3.63, 3.8) is 0 Å². The van der Waals surface area contributed by atoms with Crippen molar-refractivity contribution in [2.24, 2.45) is 5.73 Å². The van der Waals surface area contributed by atoms with Crippen molar-refractivity contribution < 1.29 is 14.6 Å². The number of nitrogens with two attached hydrogens (primary N) is 1. The fraction of sp³-hybridized carbons (Fsp3) is 0.417.